The van der Waals surface area contributed by atoms with E-state index in [4.69, 9.17) is 5.73 Å². The van der Waals surface area contributed by atoms with E-state index in [1.807, 2.05) is 5.38 Å². The molecule has 0 amide bonds. The Kier molecular flexibility index (Phi) is 3.21. The first-order chi connectivity index (χ1) is 11.5. The number of carboxylic acid groups (broad SMARTS) is 1. The molecule has 2 aromatic heterocycles. The molecule has 0 bridgehead atoms. The van der Waals surface area contributed by atoms with Crippen LogP contribution in [0.2, 0.25) is 0 Å². The van der Waals surface area contributed by atoms with E-state index < -0.39 is 17.2 Å². The van der Waals surface area contributed by atoms with Crippen LogP contribution in [0.15, 0.2) is 34.6 Å². The number of hydrogen-bond donors (Lipinski definition) is 2. The first-order valence-electron chi connectivity index (χ1n) is 7.43. The molecule has 122 valence electrons. The van der Waals surface area contributed by atoms with Crippen molar-refractivity contribution in [3.8, 4) is 10.4 Å². The average Bonchev–Trinajstić information content (AvgIpc) is 3.24. The van der Waals surface area contributed by atoms with E-state index in [9.17, 15) is 19.1 Å². The smallest absolute Gasteiger partial charge is 0.341 e. The van der Waals surface area contributed by atoms with Gasteiger partial charge in [-0.05, 0) is 30.4 Å². The molecule has 7 heteroatoms. The molecule has 4 rings (SSSR count). The summed E-state index contributed by atoms with van der Waals surface area (Å²) in [4.78, 5) is 24.5. The van der Waals surface area contributed by atoms with Crippen LogP contribution in [0.4, 0.5) is 10.1 Å². The normalized spacial score (nSPS) is 14.2. The van der Waals surface area contributed by atoms with Gasteiger partial charge in [0, 0.05) is 17.1 Å². The Morgan fingerprint density at radius 1 is 1.42 bits per heavy atom. The fourth-order valence-corrected chi connectivity index (χ4v) is 3.77. The summed E-state index contributed by atoms with van der Waals surface area (Å²) in [7, 11) is 0. The van der Waals surface area contributed by atoms with Crippen molar-refractivity contribution in [3.63, 3.8) is 0 Å². The van der Waals surface area contributed by atoms with E-state index in [0.717, 1.165) is 18.9 Å². The van der Waals surface area contributed by atoms with Crippen LogP contribution >= 0.6 is 11.3 Å². The van der Waals surface area contributed by atoms with Gasteiger partial charge in [0.2, 0.25) is 5.43 Å². The number of fused-ring (bicyclic) bond motifs is 1. The molecule has 1 aromatic carbocycles. The van der Waals surface area contributed by atoms with Gasteiger partial charge in [-0.1, -0.05) is 6.07 Å². The Balaban J connectivity index is 2.15. The van der Waals surface area contributed by atoms with Gasteiger partial charge >= 0.3 is 5.97 Å². The van der Waals surface area contributed by atoms with Gasteiger partial charge in [-0.15, -0.1) is 11.3 Å². The van der Waals surface area contributed by atoms with Crippen LogP contribution in [-0.2, 0) is 0 Å². The molecule has 0 spiro atoms. The van der Waals surface area contributed by atoms with E-state index in [2.05, 4.69) is 0 Å². The van der Waals surface area contributed by atoms with Gasteiger partial charge < -0.3 is 15.4 Å². The maximum Gasteiger partial charge on any atom is 0.341 e. The first kappa shape index (κ1) is 14.9. The highest BCUT2D eigenvalue weighted by Gasteiger charge is 2.29. The lowest BCUT2D eigenvalue weighted by molar-refractivity contribution is 0.0695. The Morgan fingerprint density at radius 3 is 2.75 bits per heavy atom. The number of nitrogens with two attached hydrogens (primary N) is 1. The Bertz CT molecular complexity index is 1040. The molecule has 0 unspecified atom stereocenters. The lowest BCUT2D eigenvalue weighted by atomic mass is 10.0. The van der Waals surface area contributed by atoms with Crippen molar-refractivity contribution < 1.29 is 14.3 Å². The molecule has 0 radical (unpaired) electrons. The summed E-state index contributed by atoms with van der Waals surface area (Å²) in [5, 5.41) is 11.1. The average molecular weight is 344 g/mol. The Morgan fingerprint density at radius 2 is 2.17 bits per heavy atom. The number of aromatic carboxylic acids is 1. The highest BCUT2D eigenvalue weighted by molar-refractivity contribution is 7.13. The molecule has 0 saturated heterocycles. The Labute approximate surface area is 139 Å². The van der Waals surface area contributed by atoms with Crippen LogP contribution in [0, 0.1) is 5.82 Å². The van der Waals surface area contributed by atoms with E-state index in [0.29, 0.717) is 10.4 Å². The van der Waals surface area contributed by atoms with Gasteiger partial charge in [0.1, 0.15) is 11.4 Å². The standard InChI is InChI=1S/C17H13FN2O3S/c18-11-6-9-15(14(19)13(11)12-2-1-5-24-12)20(8-3-4-8)7-10(16(9)21)17(22)23/h1-2,5-8H,3-4,19H2,(H,22,23). The molecular formula is C17H13FN2O3S. The molecule has 5 nitrogen and oxygen atoms in total. The minimum absolute atomic E-state index is 0.0112. The zero-order chi connectivity index (χ0) is 17.0. The topological polar surface area (TPSA) is 85.3 Å². The van der Waals surface area contributed by atoms with Crippen molar-refractivity contribution in [1.82, 2.24) is 4.57 Å². The second-order valence-electron chi connectivity index (χ2n) is 5.84. The monoisotopic (exact) mass is 344 g/mol. The maximum atomic E-state index is 14.6. The first-order valence-corrected chi connectivity index (χ1v) is 8.31. The van der Waals surface area contributed by atoms with Crippen molar-refractivity contribution in [2.75, 3.05) is 5.73 Å². The zero-order valence-electron chi connectivity index (χ0n) is 12.5. The van der Waals surface area contributed by atoms with Crippen LogP contribution in [-0.4, -0.2) is 15.6 Å². The predicted octanol–water partition coefficient (Wildman–Crippen LogP) is 3.48. The van der Waals surface area contributed by atoms with Gasteiger partial charge in [0.15, 0.2) is 0 Å². The van der Waals surface area contributed by atoms with Gasteiger partial charge in [0.25, 0.3) is 0 Å². The summed E-state index contributed by atoms with van der Waals surface area (Å²) in [6.07, 6.45) is 3.08. The molecule has 24 heavy (non-hydrogen) atoms. The Hall–Kier alpha value is -2.67. The second-order valence-corrected chi connectivity index (χ2v) is 6.78. The second kappa shape index (κ2) is 5.17. The molecule has 3 N–H and O–H groups in total. The minimum Gasteiger partial charge on any atom is -0.477 e. The summed E-state index contributed by atoms with van der Waals surface area (Å²) in [5.41, 5.74) is 6.01. The van der Waals surface area contributed by atoms with E-state index >= 15 is 0 Å². The maximum absolute atomic E-state index is 14.6. The third kappa shape index (κ3) is 2.12. The molecule has 0 atom stereocenters. The summed E-state index contributed by atoms with van der Waals surface area (Å²) in [6, 6.07) is 4.75. The number of rotatable bonds is 3. The summed E-state index contributed by atoms with van der Waals surface area (Å²) >= 11 is 1.35. The van der Waals surface area contributed by atoms with Crippen LogP contribution < -0.4 is 11.2 Å². The lowest BCUT2D eigenvalue weighted by Gasteiger charge is -2.16. The van der Waals surface area contributed by atoms with Crippen LogP contribution in [0.1, 0.15) is 29.2 Å². The number of nitrogens with zero attached hydrogens (tertiary/aromatic N) is 1. The van der Waals surface area contributed by atoms with Crippen molar-refractivity contribution in [3.05, 3.63) is 51.4 Å². The van der Waals surface area contributed by atoms with Gasteiger partial charge in [-0.3, -0.25) is 4.79 Å². The third-order valence-corrected chi connectivity index (χ3v) is 5.13. The quantitative estimate of drug-likeness (QED) is 0.712. The molecule has 3 aromatic rings. The van der Waals surface area contributed by atoms with Gasteiger partial charge in [0.05, 0.1) is 22.2 Å². The number of nitrogen functional groups attached to an aromatic ring is 1. The number of pyridine rings is 1. The highest BCUT2D eigenvalue weighted by Crippen LogP contribution is 2.42. The molecule has 1 aliphatic rings. The van der Waals surface area contributed by atoms with Crippen molar-refractivity contribution in [2.24, 2.45) is 0 Å². The van der Waals surface area contributed by atoms with E-state index in [1.165, 1.54) is 17.5 Å². The number of thiophene rings is 1. The van der Waals surface area contributed by atoms with Crippen LogP contribution in [0.3, 0.4) is 0 Å². The largest absolute Gasteiger partial charge is 0.477 e. The SMILES string of the molecule is Nc1c(-c2cccs2)c(F)cc2c(=O)c(C(=O)O)cn(C3CC3)c12. The fraction of sp³-hybridized carbons (Fsp3) is 0.176. The molecule has 2 heterocycles. The number of benzene rings is 1. The number of anilines is 1. The predicted molar refractivity (Wildman–Crippen MR) is 91.1 cm³/mol. The van der Waals surface area contributed by atoms with Crippen molar-refractivity contribution >= 4 is 33.9 Å². The number of carboxylic acids is 1. The number of aromatic nitrogens is 1. The fourth-order valence-electron chi connectivity index (χ4n) is 2.98. The van der Waals surface area contributed by atoms with Crippen LogP contribution in [0.25, 0.3) is 21.3 Å². The summed E-state index contributed by atoms with van der Waals surface area (Å²) in [6.45, 7) is 0. The summed E-state index contributed by atoms with van der Waals surface area (Å²) < 4.78 is 16.4. The zero-order valence-corrected chi connectivity index (χ0v) is 13.3. The molecule has 1 aliphatic carbocycles. The van der Waals surface area contributed by atoms with Gasteiger partial charge in [-0.2, -0.15) is 0 Å². The third-order valence-electron chi connectivity index (χ3n) is 4.24. The molecule has 1 saturated carbocycles. The number of hydrogen-bond acceptors (Lipinski definition) is 4. The van der Waals surface area contributed by atoms with Crippen LogP contribution in [0.5, 0.6) is 0 Å². The summed E-state index contributed by atoms with van der Waals surface area (Å²) in [5.74, 6) is -1.94. The number of halogens is 1. The lowest BCUT2D eigenvalue weighted by Crippen LogP contribution is -2.20. The molecule has 0 aliphatic heterocycles. The molecule has 1 fully saturated rings. The number of carbonyl (C=O) groups is 1. The highest BCUT2D eigenvalue weighted by atomic mass is 32.1. The minimum atomic E-state index is -1.32. The van der Waals surface area contributed by atoms with Crippen molar-refractivity contribution in [2.45, 2.75) is 18.9 Å². The van der Waals surface area contributed by atoms with Crippen molar-refractivity contribution in [1.29, 1.82) is 0 Å². The van der Waals surface area contributed by atoms with E-state index in [1.54, 1.807) is 16.7 Å². The van der Waals surface area contributed by atoms with E-state index in [-0.39, 0.29) is 28.2 Å². The van der Waals surface area contributed by atoms with Gasteiger partial charge in [-0.25, -0.2) is 9.18 Å². The molecular weight excluding hydrogens is 331 g/mol.